The Labute approximate surface area is 115 Å². The van der Waals surface area contributed by atoms with Gasteiger partial charge in [-0.25, -0.2) is 4.39 Å². The van der Waals surface area contributed by atoms with Gasteiger partial charge in [0.2, 0.25) is 5.91 Å². The van der Waals surface area contributed by atoms with Gasteiger partial charge in [0.15, 0.2) is 0 Å². The maximum Gasteiger partial charge on any atom is 0.221 e. The SMILES string of the molecule is N#Cc1c(F)cccc1Oc1ccc(CC(N)=O)cc1. The Balaban J connectivity index is 2.21. The van der Waals surface area contributed by atoms with Crippen molar-refractivity contribution in [2.75, 3.05) is 0 Å². The molecule has 2 aromatic carbocycles. The van der Waals surface area contributed by atoms with Crippen LogP contribution < -0.4 is 10.5 Å². The van der Waals surface area contributed by atoms with Crippen LogP contribution in [0.4, 0.5) is 4.39 Å². The molecule has 0 fully saturated rings. The van der Waals surface area contributed by atoms with Crippen LogP contribution in [0.1, 0.15) is 11.1 Å². The molecule has 0 bridgehead atoms. The van der Waals surface area contributed by atoms with E-state index in [1.165, 1.54) is 18.2 Å². The summed E-state index contributed by atoms with van der Waals surface area (Å²) < 4.78 is 18.9. The molecule has 100 valence electrons. The van der Waals surface area contributed by atoms with Crippen LogP contribution in [-0.2, 0) is 11.2 Å². The molecule has 2 aromatic rings. The number of primary amides is 1. The zero-order chi connectivity index (χ0) is 14.5. The van der Waals surface area contributed by atoms with Gasteiger partial charge in [0.1, 0.15) is 28.9 Å². The minimum absolute atomic E-state index is 0.143. The molecule has 0 unspecified atom stereocenters. The number of hydrogen-bond donors (Lipinski definition) is 1. The van der Waals surface area contributed by atoms with Crippen LogP contribution in [0.15, 0.2) is 42.5 Å². The highest BCUT2D eigenvalue weighted by Gasteiger charge is 2.09. The third-order valence-electron chi connectivity index (χ3n) is 2.62. The molecule has 0 aliphatic heterocycles. The monoisotopic (exact) mass is 270 g/mol. The fraction of sp³-hybridized carbons (Fsp3) is 0.0667. The summed E-state index contributed by atoms with van der Waals surface area (Å²) in [6.45, 7) is 0. The molecule has 0 radical (unpaired) electrons. The molecule has 0 aliphatic rings. The number of nitrogens with two attached hydrogens (primary N) is 1. The number of carbonyl (C=O) groups excluding carboxylic acids is 1. The first-order valence-corrected chi connectivity index (χ1v) is 5.84. The first-order chi connectivity index (χ1) is 9.60. The minimum Gasteiger partial charge on any atom is -0.456 e. The third kappa shape index (κ3) is 3.12. The van der Waals surface area contributed by atoms with E-state index >= 15 is 0 Å². The Morgan fingerprint density at radius 1 is 1.25 bits per heavy atom. The van der Waals surface area contributed by atoms with E-state index in [9.17, 15) is 9.18 Å². The molecule has 2 rings (SSSR count). The van der Waals surface area contributed by atoms with Crippen molar-refractivity contribution < 1.29 is 13.9 Å². The van der Waals surface area contributed by atoms with Crippen LogP contribution in [0.2, 0.25) is 0 Å². The van der Waals surface area contributed by atoms with E-state index in [0.29, 0.717) is 5.75 Å². The Kier molecular flexibility index (Phi) is 3.96. The van der Waals surface area contributed by atoms with Crippen molar-refractivity contribution >= 4 is 5.91 Å². The fourth-order valence-corrected chi connectivity index (χ4v) is 1.70. The van der Waals surface area contributed by atoms with Crippen molar-refractivity contribution in [3.63, 3.8) is 0 Å². The van der Waals surface area contributed by atoms with E-state index in [1.54, 1.807) is 30.3 Å². The number of benzene rings is 2. The van der Waals surface area contributed by atoms with Crippen molar-refractivity contribution in [2.24, 2.45) is 5.73 Å². The predicted octanol–water partition coefficient (Wildman–Crippen LogP) is 2.52. The molecule has 0 atom stereocenters. The zero-order valence-electron chi connectivity index (χ0n) is 10.5. The Bertz CT molecular complexity index is 675. The lowest BCUT2D eigenvalue weighted by molar-refractivity contribution is -0.117. The summed E-state index contributed by atoms with van der Waals surface area (Å²) in [6.07, 6.45) is 0.143. The fourth-order valence-electron chi connectivity index (χ4n) is 1.70. The van der Waals surface area contributed by atoms with Gasteiger partial charge in [-0.3, -0.25) is 4.79 Å². The number of nitriles is 1. The highest BCUT2D eigenvalue weighted by molar-refractivity contribution is 5.76. The molecule has 2 N–H and O–H groups in total. The van der Waals surface area contributed by atoms with Gasteiger partial charge in [-0.05, 0) is 29.8 Å². The number of ether oxygens (including phenoxy) is 1. The molecule has 5 heteroatoms. The highest BCUT2D eigenvalue weighted by Crippen LogP contribution is 2.26. The normalized spacial score (nSPS) is 9.80. The lowest BCUT2D eigenvalue weighted by Crippen LogP contribution is -2.13. The van der Waals surface area contributed by atoms with Gasteiger partial charge in [0.05, 0.1) is 6.42 Å². The van der Waals surface area contributed by atoms with Gasteiger partial charge >= 0.3 is 0 Å². The Hall–Kier alpha value is -2.87. The van der Waals surface area contributed by atoms with Crippen molar-refractivity contribution in [3.05, 3.63) is 59.4 Å². The molecule has 4 nitrogen and oxygen atoms in total. The number of amides is 1. The van der Waals surface area contributed by atoms with E-state index in [2.05, 4.69) is 0 Å². The maximum absolute atomic E-state index is 13.4. The Morgan fingerprint density at radius 2 is 1.95 bits per heavy atom. The molecule has 0 heterocycles. The largest absolute Gasteiger partial charge is 0.456 e. The number of halogens is 1. The van der Waals surface area contributed by atoms with Gasteiger partial charge in [-0.1, -0.05) is 18.2 Å². The van der Waals surface area contributed by atoms with E-state index < -0.39 is 11.7 Å². The molecule has 0 aliphatic carbocycles. The molecule has 1 amide bonds. The molecule has 0 saturated carbocycles. The van der Waals surface area contributed by atoms with Crippen molar-refractivity contribution in [1.29, 1.82) is 5.26 Å². The third-order valence-corrected chi connectivity index (χ3v) is 2.62. The average molecular weight is 270 g/mol. The van der Waals surface area contributed by atoms with Crippen LogP contribution in [0.3, 0.4) is 0 Å². The summed E-state index contributed by atoms with van der Waals surface area (Å²) in [5.41, 5.74) is 5.70. The number of hydrogen-bond acceptors (Lipinski definition) is 3. The quantitative estimate of drug-likeness (QED) is 0.927. The first kappa shape index (κ1) is 13.6. The number of rotatable bonds is 4. The summed E-state index contributed by atoms with van der Waals surface area (Å²) >= 11 is 0. The Morgan fingerprint density at radius 3 is 2.55 bits per heavy atom. The standard InChI is InChI=1S/C15H11FN2O2/c16-13-2-1-3-14(12(13)9-17)20-11-6-4-10(5-7-11)8-15(18)19/h1-7H,8H2,(H2,18,19). The zero-order valence-corrected chi connectivity index (χ0v) is 10.5. The summed E-state index contributed by atoms with van der Waals surface area (Å²) in [6, 6.07) is 12.6. The second kappa shape index (κ2) is 5.85. The lowest BCUT2D eigenvalue weighted by atomic mass is 10.1. The van der Waals surface area contributed by atoms with Crippen LogP contribution in [0, 0.1) is 17.1 Å². The van der Waals surface area contributed by atoms with Crippen LogP contribution in [0.25, 0.3) is 0 Å². The predicted molar refractivity (Wildman–Crippen MR) is 70.5 cm³/mol. The van der Waals surface area contributed by atoms with Gasteiger partial charge < -0.3 is 10.5 Å². The minimum atomic E-state index is -0.629. The van der Waals surface area contributed by atoms with Gasteiger partial charge in [-0.15, -0.1) is 0 Å². The van der Waals surface area contributed by atoms with Gasteiger partial charge in [0, 0.05) is 0 Å². The molecule has 0 saturated heterocycles. The number of nitrogens with zero attached hydrogens (tertiary/aromatic N) is 1. The maximum atomic E-state index is 13.4. The summed E-state index contributed by atoms with van der Waals surface area (Å²) in [5, 5.41) is 8.90. The smallest absolute Gasteiger partial charge is 0.221 e. The molecule has 20 heavy (non-hydrogen) atoms. The molecular weight excluding hydrogens is 259 g/mol. The first-order valence-electron chi connectivity index (χ1n) is 5.84. The van der Waals surface area contributed by atoms with Crippen LogP contribution >= 0.6 is 0 Å². The average Bonchev–Trinajstić information content (AvgIpc) is 2.41. The van der Waals surface area contributed by atoms with Crippen LogP contribution in [0.5, 0.6) is 11.5 Å². The van der Waals surface area contributed by atoms with E-state index in [-0.39, 0.29) is 17.7 Å². The van der Waals surface area contributed by atoms with E-state index in [1.807, 2.05) is 0 Å². The van der Waals surface area contributed by atoms with Crippen molar-refractivity contribution in [1.82, 2.24) is 0 Å². The van der Waals surface area contributed by atoms with Crippen molar-refractivity contribution in [3.8, 4) is 17.6 Å². The summed E-state index contributed by atoms with van der Waals surface area (Å²) in [5.74, 6) is -0.457. The number of carbonyl (C=O) groups is 1. The van der Waals surface area contributed by atoms with Gasteiger partial charge in [0.25, 0.3) is 0 Å². The summed E-state index contributed by atoms with van der Waals surface area (Å²) in [4.78, 5) is 10.8. The van der Waals surface area contributed by atoms with E-state index in [0.717, 1.165) is 5.56 Å². The second-order valence-electron chi connectivity index (χ2n) is 4.11. The summed E-state index contributed by atoms with van der Waals surface area (Å²) in [7, 11) is 0. The molecular formula is C15H11FN2O2. The van der Waals surface area contributed by atoms with Crippen LogP contribution in [-0.4, -0.2) is 5.91 Å². The lowest BCUT2D eigenvalue weighted by Gasteiger charge is -2.08. The van der Waals surface area contributed by atoms with Gasteiger partial charge in [-0.2, -0.15) is 5.26 Å². The highest BCUT2D eigenvalue weighted by atomic mass is 19.1. The van der Waals surface area contributed by atoms with Crippen molar-refractivity contribution in [2.45, 2.75) is 6.42 Å². The molecule has 0 spiro atoms. The van der Waals surface area contributed by atoms with E-state index in [4.69, 9.17) is 15.7 Å². The second-order valence-corrected chi connectivity index (χ2v) is 4.11. The topological polar surface area (TPSA) is 76.1 Å². The molecule has 0 aromatic heterocycles.